The maximum Gasteiger partial charge on any atom is 0.173 e. The van der Waals surface area contributed by atoms with Gasteiger partial charge in [0.2, 0.25) is 0 Å². The number of carbonyl (C=O) groups excluding carboxylic acids is 1. The van der Waals surface area contributed by atoms with Crippen LogP contribution in [0.25, 0.3) is 10.8 Å². The third-order valence-electron chi connectivity index (χ3n) is 2.73. The summed E-state index contributed by atoms with van der Waals surface area (Å²) in [5.41, 5.74) is 0.838. The number of fused-ring (bicyclic) bond motifs is 1. The van der Waals surface area contributed by atoms with Crippen molar-refractivity contribution in [2.75, 3.05) is 5.75 Å². The molecule has 0 spiro atoms. The summed E-state index contributed by atoms with van der Waals surface area (Å²) >= 11 is 1.70. The summed E-state index contributed by atoms with van der Waals surface area (Å²) in [5.74, 6) is 0.754. The number of Topliss-reactive ketones (excluding diaryl/α,β-unsaturated/α-hetero) is 1. The molecule has 0 aromatic heterocycles. The lowest BCUT2D eigenvalue weighted by molar-refractivity contribution is 0.102. The van der Waals surface area contributed by atoms with E-state index in [1.807, 2.05) is 42.5 Å². The molecule has 2 heteroatoms. The van der Waals surface area contributed by atoms with Crippen molar-refractivity contribution in [2.45, 2.75) is 25.5 Å². The molecule has 0 saturated heterocycles. The predicted molar refractivity (Wildman–Crippen MR) is 80.5 cm³/mol. The molecule has 0 amide bonds. The molecule has 2 rings (SSSR count). The fraction of sp³-hybridized carbons (Fsp3) is 0.312. The second kappa shape index (κ2) is 5.15. The van der Waals surface area contributed by atoms with Crippen molar-refractivity contribution in [1.82, 2.24) is 0 Å². The van der Waals surface area contributed by atoms with Gasteiger partial charge in [-0.3, -0.25) is 4.79 Å². The molecule has 0 heterocycles. The SMILES string of the molecule is CC(C)(C)SCC(=O)c1cccc2ccccc12. The van der Waals surface area contributed by atoms with Crippen LogP contribution in [0.1, 0.15) is 31.1 Å². The molecule has 0 atom stereocenters. The van der Waals surface area contributed by atoms with Crippen molar-refractivity contribution in [1.29, 1.82) is 0 Å². The minimum atomic E-state index is 0.125. The van der Waals surface area contributed by atoms with Crippen LogP contribution in [0.5, 0.6) is 0 Å². The summed E-state index contributed by atoms with van der Waals surface area (Å²) in [5, 5.41) is 2.18. The Bertz CT molecular complexity index is 561. The minimum absolute atomic E-state index is 0.125. The van der Waals surface area contributed by atoms with Gasteiger partial charge in [-0.2, -0.15) is 0 Å². The number of hydrogen-bond donors (Lipinski definition) is 0. The molecule has 0 aliphatic carbocycles. The molecular formula is C16H18OS. The number of rotatable bonds is 3. The van der Waals surface area contributed by atoms with E-state index in [1.54, 1.807) is 11.8 Å². The third-order valence-corrected chi connectivity index (χ3v) is 4.00. The smallest absolute Gasteiger partial charge is 0.173 e. The molecular weight excluding hydrogens is 240 g/mol. The first kappa shape index (κ1) is 13.2. The largest absolute Gasteiger partial charge is 0.293 e. The average molecular weight is 258 g/mol. The van der Waals surface area contributed by atoms with Crippen LogP contribution >= 0.6 is 11.8 Å². The van der Waals surface area contributed by atoms with Gasteiger partial charge in [0.15, 0.2) is 5.78 Å². The van der Waals surface area contributed by atoms with Crippen LogP contribution in [0.15, 0.2) is 42.5 Å². The molecule has 18 heavy (non-hydrogen) atoms. The van der Waals surface area contributed by atoms with Gasteiger partial charge in [-0.05, 0) is 10.8 Å². The van der Waals surface area contributed by atoms with Gasteiger partial charge in [-0.1, -0.05) is 63.2 Å². The first-order valence-electron chi connectivity index (χ1n) is 6.12. The van der Waals surface area contributed by atoms with Crippen LogP contribution in [0.2, 0.25) is 0 Å². The topological polar surface area (TPSA) is 17.1 Å². The van der Waals surface area contributed by atoms with Crippen molar-refractivity contribution in [3.05, 3.63) is 48.0 Å². The highest BCUT2D eigenvalue weighted by atomic mass is 32.2. The number of thioether (sulfide) groups is 1. The van der Waals surface area contributed by atoms with Gasteiger partial charge in [-0.25, -0.2) is 0 Å². The zero-order valence-corrected chi connectivity index (χ0v) is 11.9. The average Bonchev–Trinajstić information content (AvgIpc) is 2.34. The van der Waals surface area contributed by atoms with Crippen molar-refractivity contribution < 1.29 is 4.79 Å². The molecule has 2 aromatic rings. The number of carbonyl (C=O) groups is 1. The van der Waals surface area contributed by atoms with Crippen molar-refractivity contribution in [2.24, 2.45) is 0 Å². The maximum atomic E-state index is 12.3. The van der Waals surface area contributed by atoms with Gasteiger partial charge >= 0.3 is 0 Å². The van der Waals surface area contributed by atoms with Crippen LogP contribution in [0.3, 0.4) is 0 Å². The lowest BCUT2D eigenvalue weighted by Crippen LogP contribution is -2.13. The summed E-state index contributed by atoms with van der Waals surface area (Å²) in [4.78, 5) is 12.3. The molecule has 94 valence electrons. The maximum absolute atomic E-state index is 12.3. The normalized spacial score (nSPS) is 11.7. The molecule has 0 aliphatic rings. The van der Waals surface area contributed by atoms with Crippen molar-refractivity contribution >= 4 is 28.3 Å². The highest BCUT2D eigenvalue weighted by molar-refractivity contribution is 8.01. The Morgan fingerprint density at radius 2 is 1.72 bits per heavy atom. The van der Waals surface area contributed by atoms with Crippen molar-refractivity contribution in [3.8, 4) is 0 Å². The molecule has 0 aliphatic heterocycles. The Morgan fingerprint density at radius 3 is 2.44 bits per heavy atom. The second-order valence-electron chi connectivity index (χ2n) is 5.35. The van der Waals surface area contributed by atoms with E-state index in [4.69, 9.17) is 0 Å². The summed E-state index contributed by atoms with van der Waals surface area (Å²) in [6, 6.07) is 14.0. The first-order chi connectivity index (χ1) is 8.47. The van der Waals surface area contributed by atoms with E-state index in [1.165, 1.54) is 0 Å². The third kappa shape index (κ3) is 3.14. The van der Waals surface area contributed by atoms with Crippen LogP contribution in [0, 0.1) is 0 Å². The Morgan fingerprint density at radius 1 is 1.06 bits per heavy atom. The van der Waals surface area contributed by atoms with Gasteiger partial charge in [0, 0.05) is 10.3 Å². The number of benzene rings is 2. The zero-order chi connectivity index (χ0) is 13.2. The van der Waals surface area contributed by atoms with Gasteiger partial charge in [0.1, 0.15) is 0 Å². The van der Waals surface area contributed by atoms with E-state index in [0.717, 1.165) is 16.3 Å². The van der Waals surface area contributed by atoms with E-state index in [0.29, 0.717) is 5.75 Å². The van der Waals surface area contributed by atoms with Crippen LogP contribution in [-0.4, -0.2) is 16.3 Å². The number of ketones is 1. The molecule has 2 aromatic carbocycles. The molecule has 0 saturated carbocycles. The first-order valence-corrected chi connectivity index (χ1v) is 7.11. The van der Waals surface area contributed by atoms with Gasteiger partial charge < -0.3 is 0 Å². The molecule has 0 radical (unpaired) electrons. The highest BCUT2D eigenvalue weighted by Gasteiger charge is 2.15. The highest BCUT2D eigenvalue weighted by Crippen LogP contribution is 2.26. The Balaban J connectivity index is 2.28. The van der Waals surface area contributed by atoms with Crippen LogP contribution < -0.4 is 0 Å². The van der Waals surface area contributed by atoms with Crippen LogP contribution in [-0.2, 0) is 0 Å². The monoisotopic (exact) mass is 258 g/mol. The minimum Gasteiger partial charge on any atom is -0.293 e. The fourth-order valence-electron chi connectivity index (χ4n) is 1.83. The second-order valence-corrected chi connectivity index (χ2v) is 7.15. The van der Waals surface area contributed by atoms with E-state index in [-0.39, 0.29) is 10.5 Å². The predicted octanol–water partition coefficient (Wildman–Crippen LogP) is 4.55. The Hall–Kier alpha value is -1.28. The summed E-state index contributed by atoms with van der Waals surface area (Å²) in [6.45, 7) is 6.40. The number of hydrogen-bond acceptors (Lipinski definition) is 2. The summed E-state index contributed by atoms with van der Waals surface area (Å²) in [7, 11) is 0. The van der Waals surface area contributed by atoms with E-state index in [2.05, 4.69) is 20.8 Å². The molecule has 1 nitrogen and oxygen atoms in total. The summed E-state index contributed by atoms with van der Waals surface area (Å²) < 4.78 is 0.125. The Kier molecular flexibility index (Phi) is 3.76. The van der Waals surface area contributed by atoms with E-state index >= 15 is 0 Å². The molecule has 0 fully saturated rings. The molecule has 0 N–H and O–H groups in total. The quantitative estimate of drug-likeness (QED) is 0.751. The van der Waals surface area contributed by atoms with Crippen molar-refractivity contribution in [3.63, 3.8) is 0 Å². The van der Waals surface area contributed by atoms with Crippen LogP contribution in [0.4, 0.5) is 0 Å². The van der Waals surface area contributed by atoms with Gasteiger partial charge in [0.25, 0.3) is 0 Å². The molecule has 0 unspecified atom stereocenters. The van der Waals surface area contributed by atoms with Gasteiger partial charge in [-0.15, -0.1) is 11.8 Å². The summed E-state index contributed by atoms with van der Waals surface area (Å²) in [6.07, 6.45) is 0. The zero-order valence-electron chi connectivity index (χ0n) is 11.1. The fourth-order valence-corrected chi connectivity index (χ4v) is 2.55. The van der Waals surface area contributed by atoms with E-state index < -0.39 is 0 Å². The lowest BCUT2D eigenvalue weighted by Gasteiger charge is -2.17. The lowest BCUT2D eigenvalue weighted by atomic mass is 10.0. The standard InChI is InChI=1S/C16H18OS/c1-16(2,3)18-11-15(17)14-10-6-8-12-7-4-5-9-13(12)14/h4-10H,11H2,1-3H3. The van der Waals surface area contributed by atoms with Gasteiger partial charge in [0.05, 0.1) is 5.75 Å². The molecule has 0 bridgehead atoms. The Labute approximate surface area is 113 Å². The van der Waals surface area contributed by atoms with E-state index in [9.17, 15) is 4.79 Å².